The second-order valence-corrected chi connectivity index (χ2v) is 8.99. The van der Waals surface area contributed by atoms with Crippen molar-refractivity contribution < 1.29 is 5.11 Å². The van der Waals surface area contributed by atoms with E-state index in [1.54, 1.807) is 12.3 Å². The van der Waals surface area contributed by atoms with Gasteiger partial charge >= 0.3 is 0 Å². The number of rotatable bonds is 2. The minimum absolute atomic E-state index is 0.569. The molecule has 7 rings (SSSR count). The van der Waals surface area contributed by atoms with E-state index in [0.717, 1.165) is 43.8 Å². The molecule has 2 heterocycles. The molecule has 3 N–H and O–H groups in total. The number of aromatic nitrogens is 2. The molecular weight excluding hydrogens is 430 g/mol. The molecule has 0 fully saturated rings. The van der Waals surface area contributed by atoms with Gasteiger partial charge in [-0.25, -0.2) is 0 Å². The van der Waals surface area contributed by atoms with Crippen molar-refractivity contribution in [3.63, 3.8) is 0 Å². The SMILES string of the molecule is NC1(O)c2cccnc2-c2ncc(-c3cccc4ccccc34)c(-c3cccc4ccccc34)c21. The van der Waals surface area contributed by atoms with E-state index in [9.17, 15) is 5.11 Å². The fourth-order valence-electron chi connectivity index (χ4n) is 5.49. The van der Waals surface area contributed by atoms with E-state index in [1.165, 1.54) is 0 Å². The first-order valence-corrected chi connectivity index (χ1v) is 11.6. The highest BCUT2D eigenvalue weighted by Gasteiger charge is 2.43. The van der Waals surface area contributed by atoms with Gasteiger partial charge in [-0.15, -0.1) is 0 Å². The summed E-state index contributed by atoms with van der Waals surface area (Å²) in [5, 5.41) is 16.3. The Labute approximate surface area is 202 Å². The Morgan fingerprint density at radius 3 is 1.97 bits per heavy atom. The Bertz CT molecular complexity index is 1780. The van der Waals surface area contributed by atoms with Crippen LogP contribution in [-0.4, -0.2) is 15.1 Å². The van der Waals surface area contributed by atoms with Gasteiger partial charge in [0.15, 0.2) is 5.72 Å². The number of benzene rings is 4. The molecule has 0 saturated heterocycles. The lowest BCUT2D eigenvalue weighted by atomic mass is 9.85. The van der Waals surface area contributed by atoms with Crippen molar-refractivity contribution in [1.82, 2.24) is 9.97 Å². The summed E-state index contributed by atoms with van der Waals surface area (Å²) in [6.07, 6.45) is 3.61. The zero-order chi connectivity index (χ0) is 23.6. The van der Waals surface area contributed by atoms with Crippen LogP contribution < -0.4 is 5.73 Å². The molecule has 0 spiro atoms. The molecular formula is C31H21N3O. The van der Waals surface area contributed by atoms with E-state index in [0.29, 0.717) is 22.5 Å². The quantitative estimate of drug-likeness (QED) is 0.305. The summed E-state index contributed by atoms with van der Waals surface area (Å²) in [6, 6.07) is 32.7. The summed E-state index contributed by atoms with van der Waals surface area (Å²) in [5.41, 5.74) is 11.2. The van der Waals surface area contributed by atoms with Crippen LogP contribution in [0.5, 0.6) is 0 Å². The number of hydrogen-bond acceptors (Lipinski definition) is 4. The van der Waals surface area contributed by atoms with Crippen LogP contribution in [0.1, 0.15) is 11.1 Å². The highest BCUT2D eigenvalue weighted by Crippen LogP contribution is 2.51. The number of aliphatic hydroxyl groups is 1. The third-order valence-electron chi connectivity index (χ3n) is 7.04. The Balaban J connectivity index is 1.67. The predicted octanol–water partition coefficient (Wildman–Crippen LogP) is 6.25. The number of hydrogen-bond donors (Lipinski definition) is 2. The van der Waals surface area contributed by atoms with Gasteiger partial charge in [-0.2, -0.15) is 0 Å². The van der Waals surface area contributed by atoms with Crippen molar-refractivity contribution in [3.8, 4) is 33.6 Å². The molecule has 4 nitrogen and oxygen atoms in total. The van der Waals surface area contributed by atoms with Gasteiger partial charge in [0.25, 0.3) is 0 Å². The molecule has 4 heteroatoms. The average molecular weight is 452 g/mol. The third-order valence-corrected chi connectivity index (χ3v) is 7.04. The standard InChI is InChI=1S/C31H21N3O/c32-31(35)26-16-7-17-33-29(26)30-28(31)27(24-15-6-11-20-9-2-4-13-22(20)24)25(18-34-30)23-14-5-10-19-8-1-3-12-21(19)23/h1-18,35H,32H2. The van der Waals surface area contributed by atoms with E-state index in [2.05, 4.69) is 59.6 Å². The first kappa shape index (κ1) is 20.0. The zero-order valence-electron chi connectivity index (χ0n) is 18.8. The van der Waals surface area contributed by atoms with Gasteiger partial charge in [0.05, 0.1) is 11.4 Å². The number of nitrogens with zero attached hydrogens (tertiary/aromatic N) is 2. The smallest absolute Gasteiger partial charge is 0.171 e. The lowest BCUT2D eigenvalue weighted by molar-refractivity contribution is 0.0937. The maximum absolute atomic E-state index is 11.8. The minimum Gasteiger partial charge on any atom is -0.367 e. The molecule has 4 aromatic carbocycles. The topological polar surface area (TPSA) is 72.0 Å². The second-order valence-electron chi connectivity index (χ2n) is 8.99. The summed E-state index contributed by atoms with van der Waals surface area (Å²) in [6.45, 7) is 0. The van der Waals surface area contributed by atoms with E-state index < -0.39 is 5.72 Å². The maximum Gasteiger partial charge on any atom is 0.171 e. The van der Waals surface area contributed by atoms with Crippen LogP contribution in [-0.2, 0) is 5.72 Å². The molecule has 0 radical (unpaired) electrons. The Morgan fingerprint density at radius 2 is 1.23 bits per heavy atom. The molecule has 6 aromatic rings. The summed E-state index contributed by atoms with van der Waals surface area (Å²) < 4.78 is 0. The third kappa shape index (κ3) is 2.81. The molecule has 1 atom stereocenters. The molecule has 0 aliphatic heterocycles. The van der Waals surface area contributed by atoms with Crippen molar-refractivity contribution in [3.05, 3.63) is 121 Å². The van der Waals surface area contributed by atoms with Gasteiger partial charge < -0.3 is 5.11 Å². The molecule has 0 amide bonds. The predicted molar refractivity (Wildman–Crippen MR) is 141 cm³/mol. The maximum atomic E-state index is 11.8. The minimum atomic E-state index is -1.72. The lowest BCUT2D eigenvalue weighted by Gasteiger charge is -2.25. The molecule has 1 unspecified atom stereocenters. The van der Waals surface area contributed by atoms with Crippen LogP contribution in [0.2, 0.25) is 0 Å². The van der Waals surface area contributed by atoms with Crippen molar-refractivity contribution in [2.45, 2.75) is 5.72 Å². The molecule has 1 aliphatic carbocycles. The largest absolute Gasteiger partial charge is 0.367 e. The Hall–Kier alpha value is -4.38. The van der Waals surface area contributed by atoms with E-state index in [1.807, 2.05) is 42.6 Å². The van der Waals surface area contributed by atoms with E-state index >= 15 is 0 Å². The molecule has 35 heavy (non-hydrogen) atoms. The molecule has 0 bridgehead atoms. The Morgan fingerprint density at radius 1 is 0.600 bits per heavy atom. The van der Waals surface area contributed by atoms with Crippen LogP contribution in [0.3, 0.4) is 0 Å². The van der Waals surface area contributed by atoms with Crippen molar-refractivity contribution in [1.29, 1.82) is 0 Å². The highest BCUT2D eigenvalue weighted by atomic mass is 16.3. The van der Waals surface area contributed by atoms with Crippen LogP contribution in [0.15, 0.2) is 109 Å². The normalized spacial score (nSPS) is 16.4. The second kappa shape index (κ2) is 7.31. The fourth-order valence-corrected chi connectivity index (χ4v) is 5.49. The van der Waals surface area contributed by atoms with Gasteiger partial charge in [0.2, 0.25) is 0 Å². The van der Waals surface area contributed by atoms with Gasteiger partial charge in [0, 0.05) is 34.6 Å². The summed E-state index contributed by atoms with van der Waals surface area (Å²) in [5.74, 6) is 0. The van der Waals surface area contributed by atoms with Gasteiger partial charge in [0.1, 0.15) is 0 Å². The molecule has 0 saturated carbocycles. The van der Waals surface area contributed by atoms with Crippen LogP contribution in [0.25, 0.3) is 55.2 Å². The van der Waals surface area contributed by atoms with E-state index in [-0.39, 0.29) is 0 Å². The number of fused-ring (bicyclic) bond motifs is 5. The summed E-state index contributed by atoms with van der Waals surface area (Å²) in [7, 11) is 0. The van der Waals surface area contributed by atoms with E-state index in [4.69, 9.17) is 10.7 Å². The van der Waals surface area contributed by atoms with Crippen molar-refractivity contribution in [2.75, 3.05) is 0 Å². The van der Waals surface area contributed by atoms with Gasteiger partial charge in [-0.05, 0) is 38.7 Å². The molecule has 166 valence electrons. The van der Waals surface area contributed by atoms with Gasteiger partial charge in [-0.3, -0.25) is 15.7 Å². The van der Waals surface area contributed by atoms with Crippen LogP contribution in [0, 0.1) is 0 Å². The average Bonchev–Trinajstić information content (AvgIpc) is 3.14. The molecule has 1 aliphatic rings. The number of pyridine rings is 2. The lowest BCUT2D eigenvalue weighted by Crippen LogP contribution is -2.36. The van der Waals surface area contributed by atoms with Crippen LogP contribution in [0.4, 0.5) is 0 Å². The van der Waals surface area contributed by atoms with Crippen molar-refractivity contribution >= 4 is 21.5 Å². The summed E-state index contributed by atoms with van der Waals surface area (Å²) >= 11 is 0. The van der Waals surface area contributed by atoms with Gasteiger partial charge in [-0.1, -0.05) is 91.0 Å². The highest BCUT2D eigenvalue weighted by molar-refractivity contribution is 6.07. The Kier molecular flexibility index (Phi) is 4.18. The number of nitrogens with two attached hydrogens (primary N) is 1. The zero-order valence-corrected chi connectivity index (χ0v) is 18.8. The first-order chi connectivity index (χ1) is 17.1. The fraction of sp³-hybridized carbons (Fsp3) is 0.0323. The first-order valence-electron chi connectivity index (χ1n) is 11.6. The summed E-state index contributed by atoms with van der Waals surface area (Å²) in [4.78, 5) is 9.39. The van der Waals surface area contributed by atoms with Crippen LogP contribution >= 0.6 is 0 Å². The molecule has 2 aromatic heterocycles. The monoisotopic (exact) mass is 451 g/mol. The van der Waals surface area contributed by atoms with Crippen molar-refractivity contribution in [2.24, 2.45) is 5.73 Å².